The fourth-order valence-electron chi connectivity index (χ4n) is 4.45. The lowest BCUT2D eigenvalue weighted by Crippen LogP contribution is -2.46. The van der Waals surface area contributed by atoms with E-state index in [2.05, 4.69) is 27.6 Å². The van der Waals surface area contributed by atoms with E-state index in [9.17, 15) is 9.59 Å². The molecule has 1 aliphatic heterocycles. The second-order valence-corrected chi connectivity index (χ2v) is 9.30. The van der Waals surface area contributed by atoms with E-state index in [-0.39, 0.29) is 17.9 Å². The van der Waals surface area contributed by atoms with Gasteiger partial charge in [-0.15, -0.1) is 0 Å². The van der Waals surface area contributed by atoms with Gasteiger partial charge in [-0.1, -0.05) is 55.5 Å². The molecule has 11 nitrogen and oxygen atoms in total. The molecule has 1 fully saturated rings. The Labute approximate surface area is 226 Å². The number of benzene rings is 2. The number of likely N-dealkylation sites (tertiary alicyclic amines) is 1. The van der Waals surface area contributed by atoms with Gasteiger partial charge >= 0.3 is 11.9 Å². The SMILES string of the molecule is CCCn1nc(C(=O)NCCN2CCC(NC(=O)Cc3ccccc3)CC2)c2ccccc21.O=C(O)C(=O)O. The van der Waals surface area contributed by atoms with Gasteiger partial charge in [0, 0.05) is 44.2 Å². The molecule has 2 amide bonds. The highest BCUT2D eigenvalue weighted by Crippen LogP contribution is 2.19. The Morgan fingerprint density at radius 2 is 1.56 bits per heavy atom. The molecule has 1 saturated heterocycles. The number of carboxylic acids is 2. The molecule has 208 valence electrons. The number of fused-ring (bicyclic) bond motifs is 1. The zero-order valence-corrected chi connectivity index (χ0v) is 22.0. The summed E-state index contributed by atoms with van der Waals surface area (Å²) in [6.45, 7) is 6.11. The third-order valence-electron chi connectivity index (χ3n) is 6.37. The number of para-hydroxylation sites is 1. The van der Waals surface area contributed by atoms with E-state index in [1.54, 1.807) is 0 Å². The quantitative estimate of drug-likeness (QED) is 0.303. The van der Waals surface area contributed by atoms with E-state index >= 15 is 0 Å². The second-order valence-electron chi connectivity index (χ2n) is 9.30. The Hall–Kier alpha value is -4.25. The monoisotopic (exact) mass is 537 g/mol. The van der Waals surface area contributed by atoms with Crippen LogP contribution in [0.25, 0.3) is 10.9 Å². The smallest absolute Gasteiger partial charge is 0.414 e. The molecule has 39 heavy (non-hydrogen) atoms. The van der Waals surface area contributed by atoms with Gasteiger partial charge in [0.05, 0.1) is 11.9 Å². The number of carbonyl (C=O) groups excluding carboxylic acids is 2. The molecule has 2 aromatic carbocycles. The number of rotatable bonds is 9. The summed E-state index contributed by atoms with van der Waals surface area (Å²) in [4.78, 5) is 45.6. The number of nitrogens with one attached hydrogen (secondary N) is 2. The highest BCUT2D eigenvalue weighted by Gasteiger charge is 2.21. The first-order valence-electron chi connectivity index (χ1n) is 13.0. The van der Waals surface area contributed by atoms with Crippen molar-refractivity contribution >= 4 is 34.7 Å². The number of aromatic nitrogens is 2. The number of hydrogen-bond donors (Lipinski definition) is 4. The van der Waals surface area contributed by atoms with Crippen LogP contribution in [0.4, 0.5) is 0 Å². The summed E-state index contributed by atoms with van der Waals surface area (Å²) < 4.78 is 1.92. The molecule has 3 aromatic rings. The predicted octanol–water partition coefficient (Wildman–Crippen LogP) is 2.16. The molecule has 4 rings (SSSR count). The summed E-state index contributed by atoms with van der Waals surface area (Å²) in [6.07, 6.45) is 3.26. The van der Waals surface area contributed by atoms with Crippen LogP contribution in [0.2, 0.25) is 0 Å². The summed E-state index contributed by atoms with van der Waals surface area (Å²) in [5.41, 5.74) is 2.54. The lowest BCUT2D eigenvalue weighted by atomic mass is 10.0. The minimum atomic E-state index is -1.82. The van der Waals surface area contributed by atoms with Crippen molar-refractivity contribution in [1.82, 2.24) is 25.3 Å². The van der Waals surface area contributed by atoms with Crippen LogP contribution in [0.3, 0.4) is 0 Å². The van der Waals surface area contributed by atoms with Gasteiger partial charge < -0.3 is 25.7 Å². The zero-order valence-electron chi connectivity index (χ0n) is 22.0. The molecular formula is C28H35N5O6. The van der Waals surface area contributed by atoms with Crippen molar-refractivity contribution in [3.05, 3.63) is 65.9 Å². The van der Waals surface area contributed by atoms with Crippen LogP contribution in [0, 0.1) is 0 Å². The number of aryl methyl sites for hydroxylation is 1. The Bertz CT molecular complexity index is 1260. The number of aliphatic carboxylic acids is 2. The number of nitrogens with zero attached hydrogens (tertiary/aromatic N) is 3. The molecular weight excluding hydrogens is 502 g/mol. The predicted molar refractivity (Wildman–Crippen MR) is 145 cm³/mol. The highest BCUT2D eigenvalue weighted by atomic mass is 16.4. The van der Waals surface area contributed by atoms with Crippen LogP contribution >= 0.6 is 0 Å². The number of hydrogen-bond acceptors (Lipinski definition) is 6. The molecule has 11 heteroatoms. The van der Waals surface area contributed by atoms with Crippen molar-refractivity contribution in [2.24, 2.45) is 0 Å². The van der Waals surface area contributed by atoms with E-state index in [1.165, 1.54) is 0 Å². The standard InChI is InChI=1S/C26H33N5O2.C2H2O4/c1-2-15-31-23-11-7-6-10-22(23)25(29-31)26(33)27-14-18-30-16-12-21(13-17-30)28-24(32)19-20-8-4-3-5-9-20;3-1(4)2(5)6/h3-11,21H,2,12-19H2,1H3,(H,27,33)(H,28,32);(H,3,4)(H,5,6). The number of carbonyl (C=O) groups is 4. The maximum Gasteiger partial charge on any atom is 0.414 e. The molecule has 0 radical (unpaired) electrons. The van der Waals surface area contributed by atoms with Gasteiger partial charge in [0.1, 0.15) is 0 Å². The maximum atomic E-state index is 12.8. The van der Waals surface area contributed by atoms with Crippen molar-refractivity contribution in [2.75, 3.05) is 26.2 Å². The molecule has 0 bridgehead atoms. The second kappa shape index (κ2) is 14.6. The van der Waals surface area contributed by atoms with Crippen LogP contribution in [0.15, 0.2) is 54.6 Å². The average molecular weight is 538 g/mol. The van der Waals surface area contributed by atoms with Crippen molar-refractivity contribution in [3.63, 3.8) is 0 Å². The summed E-state index contributed by atoms with van der Waals surface area (Å²) in [7, 11) is 0. The molecule has 2 heterocycles. The number of amides is 2. The van der Waals surface area contributed by atoms with Crippen LogP contribution in [0.5, 0.6) is 0 Å². The number of carboxylic acid groups (broad SMARTS) is 2. The largest absolute Gasteiger partial charge is 0.473 e. The zero-order chi connectivity index (χ0) is 28.2. The Balaban J connectivity index is 0.000000631. The first kappa shape index (κ1) is 29.3. The molecule has 1 aliphatic rings. The molecule has 0 atom stereocenters. The minimum Gasteiger partial charge on any atom is -0.473 e. The third kappa shape index (κ3) is 8.92. The van der Waals surface area contributed by atoms with Crippen LogP contribution in [-0.2, 0) is 27.3 Å². The maximum absolute atomic E-state index is 12.8. The molecule has 0 unspecified atom stereocenters. The van der Waals surface area contributed by atoms with Gasteiger partial charge in [0.25, 0.3) is 5.91 Å². The summed E-state index contributed by atoms with van der Waals surface area (Å²) in [5, 5.41) is 26.4. The lowest BCUT2D eigenvalue weighted by Gasteiger charge is -2.32. The van der Waals surface area contributed by atoms with Crippen LogP contribution in [0.1, 0.15) is 42.2 Å². The van der Waals surface area contributed by atoms with Crippen molar-refractivity contribution in [1.29, 1.82) is 0 Å². The third-order valence-corrected chi connectivity index (χ3v) is 6.37. The minimum absolute atomic E-state index is 0.0849. The fraction of sp³-hybridized carbons (Fsp3) is 0.393. The average Bonchev–Trinajstić information content (AvgIpc) is 3.29. The van der Waals surface area contributed by atoms with Gasteiger partial charge in [-0.3, -0.25) is 14.3 Å². The van der Waals surface area contributed by atoms with E-state index in [1.807, 2.05) is 59.3 Å². The summed E-state index contributed by atoms with van der Waals surface area (Å²) in [6, 6.07) is 17.9. The molecule has 0 spiro atoms. The van der Waals surface area contributed by atoms with E-state index in [4.69, 9.17) is 19.8 Å². The summed E-state index contributed by atoms with van der Waals surface area (Å²) >= 11 is 0. The first-order chi connectivity index (χ1) is 18.8. The Morgan fingerprint density at radius 3 is 2.21 bits per heavy atom. The van der Waals surface area contributed by atoms with E-state index in [0.29, 0.717) is 18.7 Å². The molecule has 1 aromatic heterocycles. The summed E-state index contributed by atoms with van der Waals surface area (Å²) in [5.74, 6) is -3.68. The topological polar surface area (TPSA) is 154 Å². The lowest BCUT2D eigenvalue weighted by molar-refractivity contribution is -0.159. The molecule has 0 saturated carbocycles. The number of piperidine rings is 1. The van der Waals surface area contributed by atoms with Crippen molar-refractivity contribution < 1.29 is 29.4 Å². The normalized spacial score (nSPS) is 13.8. The van der Waals surface area contributed by atoms with Gasteiger partial charge in [-0.2, -0.15) is 5.10 Å². The molecule has 0 aliphatic carbocycles. The van der Waals surface area contributed by atoms with E-state index in [0.717, 1.165) is 61.9 Å². The van der Waals surface area contributed by atoms with Gasteiger partial charge in [0.2, 0.25) is 5.91 Å². The van der Waals surface area contributed by atoms with Gasteiger partial charge in [-0.05, 0) is 30.9 Å². The van der Waals surface area contributed by atoms with Gasteiger partial charge in [-0.25, -0.2) is 9.59 Å². The first-order valence-corrected chi connectivity index (χ1v) is 13.0. The Kier molecular flexibility index (Phi) is 11.0. The van der Waals surface area contributed by atoms with Crippen LogP contribution in [-0.4, -0.2) is 80.9 Å². The highest BCUT2D eigenvalue weighted by molar-refractivity contribution is 6.27. The Morgan fingerprint density at radius 1 is 0.923 bits per heavy atom. The van der Waals surface area contributed by atoms with Gasteiger partial charge in [0.15, 0.2) is 5.69 Å². The van der Waals surface area contributed by atoms with Crippen LogP contribution < -0.4 is 10.6 Å². The fourth-order valence-corrected chi connectivity index (χ4v) is 4.45. The van der Waals surface area contributed by atoms with Crippen molar-refractivity contribution in [2.45, 2.75) is 45.2 Å². The van der Waals surface area contributed by atoms with Crippen molar-refractivity contribution in [3.8, 4) is 0 Å². The van der Waals surface area contributed by atoms with E-state index < -0.39 is 11.9 Å². The molecule has 4 N–H and O–H groups in total.